The summed E-state index contributed by atoms with van der Waals surface area (Å²) < 4.78 is 5.76. The first-order valence-corrected chi connectivity index (χ1v) is 11.1. The van der Waals surface area contributed by atoms with Gasteiger partial charge in [-0.1, -0.05) is 91.4 Å². The van der Waals surface area contributed by atoms with E-state index in [-0.39, 0.29) is 0 Å². The normalized spacial score (nSPS) is 11.5. The molecule has 0 amide bonds. The Morgan fingerprint density at radius 2 is 0.917 bits per heavy atom. The maximum Gasteiger partial charge on any atom is 0.0466 e. The fourth-order valence-corrected chi connectivity index (χ4v) is 3.23. The molecular formula is C22H47NO. The summed E-state index contributed by atoms with van der Waals surface area (Å²) in [5, 5.41) is 0. The van der Waals surface area contributed by atoms with Crippen molar-refractivity contribution in [1.82, 2.24) is 4.90 Å². The molecule has 0 N–H and O–H groups in total. The van der Waals surface area contributed by atoms with E-state index in [0.29, 0.717) is 0 Å². The zero-order chi connectivity index (χ0) is 17.7. The van der Waals surface area contributed by atoms with Crippen LogP contribution in [0.2, 0.25) is 0 Å². The molecule has 0 saturated carbocycles. The van der Waals surface area contributed by atoms with Crippen molar-refractivity contribution < 1.29 is 4.74 Å². The Labute approximate surface area is 153 Å². The van der Waals surface area contributed by atoms with Crippen molar-refractivity contribution in [2.75, 3.05) is 32.8 Å². The van der Waals surface area contributed by atoms with Gasteiger partial charge in [-0.3, -0.25) is 0 Å². The first-order valence-electron chi connectivity index (χ1n) is 11.1. The van der Waals surface area contributed by atoms with Gasteiger partial charge in [0.1, 0.15) is 0 Å². The molecule has 0 aromatic heterocycles. The van der Waals surface area contributed by atoms with Crippen LogP contribution in [0.15, 0.2) is 0 Å². The third-order valence-corrected chi connectivity index (χ3v) is 5.05. The van der Waals surface area contributed by atoms with Gasteiger partial charge >= 0.3 is 0 Å². The summed E-state index contributed by atoms with van der Waals surface area (Å²) in [5.74, 6) is 0. The SMILES string of the molecule is CCCCCCCCCCCCCCOCCCCN(CC)CC. The van der Waals surface area contributed by atoms with Crippen LogP contribution in [0.4, 0.5) is 0 Å². The summed E-state index contributed by atoms with van der Waals surface area (Å²) in [6.07, 6.45) is 19.5. The Bertz CT molecular complexity index is 216. The minimum absolute atomic E-state index is 0.958. The molecule has 0 radical (unpaired) electrons. The van der Waals surface area contributed by atoms with Crippen LogP contribution in [-0.2, 0) is 4.74 Å². The Hall–Kier alpha value is -0.0800. The first-order chi connectivity index (χ1) is 11.8. The second kappa shape index (κ2) is 21.0. The molecule has 0 bridgehead atoms. The molecule has 0 aliphatic carbocycles. The third-order valence-electron chi connectivity index (χ3n) is 5.05. The maximum absolute atomic E-state index is 5.76. The summed E-state index contributed by atoms with van der Waals surface area (Å²) in [6.45, 7) is 12.3. The molecule has 0 aromatic carbocycles. The summed E-state index contributed by atoms with van der Waals surface area (Å²) in [5.41, 5.74) is 0. The smallest absolute Gasteiger partial charge is 0.0466 e. The minimum atomic E-state index is 0.958. The highest BCUT2D eigenvalue weighted by Gasteiger charge is 1.98. The Balaban J connectivity index is 3.03. The Morgan fingerprint density at radius 1 is 0.500 bits per heavy atom. The van der Waals surface area contributed by atoms with E-state index in [1.807, 2.05) is 0 Å². The number of rotatable bonds is 20. The highest BCUT2D eigenvalue weighted by atomic mass is 16.5. The fourth-order valence-electron chi connectivity index (χ4n) is 3.23. The van der Waals surface area contributed by atoms with E-state index >= 15 is 0 Å². The van der Waals surface area contributed by atoms with Gasteiger partial charge in [-0.2, -0.15) is 0 Å². The van der Waals surface area contributed by atoms with E-state index < -0.39 is 0 Å². The Morgan fingerprint density at radius 3 is 1.38 bits per heavy atom. The highest BCUT2D eigenvalue weighted by molar-refractivity contribution is 4.52. The lowest BCUT2D eigenvalue weighted by Gasteiger charge is -2.17. The van der Waals surface area contributed by atoms with Crippen molar-refractivity contribution >= 4 is 0 Å². The summed E-state index contributed by atoms with van der Waals surface area (Å²) in [6, 6.07) is 0. The number of unbranched alkanes of at least 4 members (excludes halogenated alkanes) is 12. The van der Waals surface area contributed by atoms with Crippen LogP contribution in [0.3, 0.4) is 0 Å². The fraction of sp³-hybridized carbons (Fsp3) is 1.00. The molecule has 0 aromatic rings. The molecule has 0 aliphatic rings. The van der Waals surface area contributed by atoms with Crippen LogP contribution in [-0.4, -0.2) is 37.7 Å². The number of nitrogens with zero attached hydrogens (tertiary/aromatic N) is 1. The lowest BCUT2D eigenvalue weighted by atomic mass is 10.1. The second-order valence-corrected chi connectivity index (χ2v) is 7.24. The molecule has 0 aliphatic heterocycles. The van der Waals surface area contributed by atoms with Gasteiger partial charge in [-0.25, -0.2) is 0 Å². The molecule has 0 heterocycles. The highest BCUT2D eigenvalue weighted by Crippen LogP contribution is 2.11. The lowest BCUT2D eigenvalue weighted by molar-refractivity contribution is 0.123. The molecule has 0 fully saturated rings. The molecule has 146 valence electrons. The predicted molar refractivity (Wildman–Crippen MR) is 109 cm³/mol. The van der Waals surface area contributed by atoms with Gasteiger partial charge in [-0.05, 0) is 38.9 Å². The minimum Gasteiger partial charge on any atom is -0.381 e. The molecule has 0 rings (SSSR count). The molecule has 24 heavy (non-hydrogen) atoms. The monoisotopic (exact) mass is 341 g/mol. The number of ether oxygens (including phenoxy) is 1. The number of hydrogen-bond acceptors (Lipinski definition) is 2. The topological polar surface area (TPSA) is 12.5 Å². The average Bonchev–Trinajstić information content (AvgIpc) is 2.61. The van der Waals surface area contributed by atoms with Crippen LogP contribution in [0.5, 0.6) is 0 Å². The van der Waals surface area contributed by atoms with Crippen LogP contribution in [0.25, 0.3) is 0 Å². The van der Waals surface area contributed by atoms with Gasteiger partial charge in [0.05, 0.1) is 0 Å². The van der Waals surface area contributed by atoms with Crippen molar-refractivity contribution in [3.05, 3.63) is 0 Å². The lowest BCUT2D eigenvalue weighted by Crippen LogP contribution is -2.24. The molecule has 0 unspecified atom stereocenters. The standard InChI is InChI=1S/C22H47NO/c1-4-7-8-9-10-11-12-13-14-15-16-18-21-24-22-19-17-20-23(5-2)6-3/h4-22H2,1-3H3. The quantitative estimate of drug-likeness (QED) is 0.225. The van der Waals surface area contributed by atoms with Gasteiger partial charge in [0.25, 0.3) is 0 Å². The molecular weight excluding hydrogens is 294 g/mol. The largest absolute Gasteiger partial charge is 0.381 e. The third kappa shape index (κ3) is 18.3. The maximum atomic E-state index is 5.76. The summed E-state index contributed by atoms with van der Waals surface area (Å²) >= 11 is 0. The summed E-state index contributed by atoms with van der Waals surface area (Å²) in [4.78, 5) is 2.49. The van der Waals surface area contributed by atoms with Crippen LogP contribution >= 0.6 is 0 Å². The van der Waals surface area contributed by atoms with Crippen molar-refractivity contribution in [1.29, 1.82) is 0 Å². The molecule has 2 heteroatoms. The van der Waals surface area contributed by atoms with Crippen molar-refractivity contribution in [2.24, 2.45) is 0 Å². The second-order valence-electron chi connectivity index (χ2n) is 7.24. The van der Waals surface area contributed by atoms with E-state index in [0.717, 1.165) is 13.2 Å². The van der Waals surface area contributed by atoms with E-state index in [9.17, 15) is 0 Å². The molecule has 0 spiro atoms. The van der Waals surface area contributed by atoms with Gasteiger partial charge in [0, 0.05) is 13.2 Å². The van der Waals surface area contributed by atoms with E-state index in [4.69, 9.17) is 4.74 Å². The van der Waals surface area contributed by atoms with E-state index in [1.54, 1.807) is 0 Å². The van der Waals surface area contributed by atoms with Gasteiger partial charge in [0.2, 0.25) is 0 Å². The predicted octanol–water partition coefficient (Wildman–Crippen LogP) is 6.83. The zero-order valence-corrected chi connectivity index (χ0v) is 17.3. The van der Waals surface area contributed by atoms with E-state index in [1.165, 1.54) is 110 Å². The van der Waals surface area contributed by atoms with Gasteiger partial charge < -0.3 is 9.64 Å². The average molecular weight is 342 g/mol. The zero-order valence-electron chi connectivity index (χ0n) is 17.3. The number of hydrogen-bond donors (Lipinski definition) is 0. The first kappa shape index (κ1) is 23.9. The van der Waals surface area contributed by atoms with Crippen LogP contribution < -0.4 is 0 Å². The van der Waals surface area contributed by atoms with Gasteiger partial charge in [-0.15, -0.1) is 0 Å². The van der Waals surface area contributed by atoms with E-state index in [2.05, 4.69) is 25.7 Å². The Kier molecular flexibility index (Phi) is 20.9. The van der Waals surface area contributed by atoms with Crippen molar-refractivity contribution in [2.45, 2.75) is 111 Å². The van der Waals surface area contributed by atoms with Crippen molar-refractivity contribution in [3.63, 3.8) is 0 Å². The van der Waals surface area contributed by atoms with Crippen LogP contribution in [0.1, 0.15) is 111 Å². The van der Waals surface area contributed by atoms with Gasteiger partial charge in [0.15, 0.2) is 0 Å². The molecule has 2 nitrogen and oxygen atoms in total. The molecule has 0 saturated heterocycles. The summed E-state index contributed by atoms with van der Waals surface area (Å²) in [7, 11) is 0. The van der Waals surface area contributed by atoms with Crippen molar-refractivity contribution in [3.8, 4) is 0 Å². The molecule has 0 atom stereocenters. The van der Waals surface area contributed by atoms with Crippen LogP contribution in [0, 0.1) is 0 Å².